The minimum atomic E-state index is 0.282. The Morgan fingerprint density at radius 2 is 2.09 bits per heavy atom. The number of aryl methyl sites for hydroxylation is 1. The Morgan fingerprint density at radius 3 is 2.91 bits per heavy atom. The van der Waals surface area contributed by atoms with Crippen molar-refractivity contribution >= 4 is 11.6 Å². The fraction of sp³-hybridized carbons (Fsp3) is 0.375. The first-order valence-corrected chi connectivity index (χ1v) is 7.86. The second kappa shape index (κ2) is 5.58. The van der Waals surface area contributed by atoms with Gasteiger partial charge in [0, 0.05) is 30.5 Å². The van der Waals surface area contributed by atoms with Gasteiger partial charge in [0.25, 0.3) is 0 Å². The number of aromatic nitrogens is 5. The van der Waals surface area contributed by atoms with Crippen LogP contribution in [0.3, 0.4) is 0 Å². The summed E-state index contributed by atoms with van der Waals surface area (Å²) in [6.45, 7) is 1.95. The molecule has 3 heterocycles. The Bertz CT molecular complexity index is 841. The maximum absolute atomic E-state index is 5.96. The third kappa shape index (κ3) is 2.87. The van der Waals surface area contributed by atoms with Crippen molar-refractivity contribution in [3.63, 3.8) is 0 Å². The standard InChI is InChI=1S/C16H19N7/c1-10-8-15-20-14(5-7-23(15)22-10)13-4-6-18-16(21-13)19-12-3-2-11(17)9-12/h4-8,11-12H,2-3,9,17H2,1H3,(H,18,19,21)/t11-,12-/m0/s1. The van der Waals surface area contributed by atoms with Gasteiger partial charge in [-0.1, -0.05) is 0 Å². The van der Waals surface area contributed by atoms with Gasteiger partial charge in [0.1, 0.15) is 0 Å². The molecule has 7 heteroatoms. The third-order valence-electron chi connectivity index (χ3n) is 4.17. The number of anilines is 1. The number of nitrogens with one attached hydrogen (secondary N) is 1. The first-order chi connectivity index (χ1) is 11.2. The van der Waals surface area contributed by atoms with E-state index in [1.807, 2.05) is 31.3 Å². The Hall–Kier alpha value is -2.54. The van der Waals surface area contributed by atoms with Gasteiger partial charge in [-0.05, 0) is 38.3 Å². The molecule has 23 heavy (non-hydrogen) atoms. The average molecular weight is 309 g/mol. The summed E-state index contributed by atoms with van der Waals surface area (Å²) in [6, 6.07) is 6.37. The van der Waals surface area contributed by atoms with Gasteiger partial charge >= 0.3 is 0 Å². The van der Waals surface area contributed by atoms with E-state index in [0.29, 0.717) is 12.0 Å². The topological polar surface area (TPSA) is 94.0 Å². The molecule has 4 rings (SSSR count). The van der Waals surface area contributed by atoms with Crippen molar-refractivity contribution < 1.29 is 0 Å². The molecule has 0 bridgehead atoms. The maximum Gasteiger partial charge on any atom is 0.223 e. The second-order valence-corrected chi connectivity index (χ2v) is 6.08. The van der Waals surface area contributed by atoms with Crippen LogP contribution in [0.5, 0.6) is 0 Å². The molecule has 1 saturated carbocycles. The number of nitrogens with zero attached hydrogens (tertiary/aromatic N) is 5. The molecule has 1 aliphatic carbocycles. The molecule has 0 unspecified atom stereocenters. The third-order valence-corrected chi connectivity index (χ3v) is 4.17. The van der Waals surface area contributed by atoms with Crippen LogP contribution in [0.1, 0.15) is 25.0 Å². The van der Waals surface area contributed by atoms with Crippen LogP contribution in [0.25, 0.3) is 17.0 Å². The molecule has 1 fully saturated rings. The molecular weight excluding hydrogens is 290 g/mol. The highest BCUT2D eigenvalue weighted by Gasteiger charge is 2.22. The van der Waals surface area contributed by atoms with Crippen LogP contribution in [-0.4, -0.2) is 36.6 Å². The van der Waals surface area contributed by atoms with Gasteiger partial charge in [-0.3, -0.25) is 0 Å². The molecule has 0 aliphatic heterocycles. The fourth-order valence-corrected chi connectivity index (χ4v) is 3.04. The summed E-state index contributed by atoms with van der Waals surface area (Å²) in [4.78, 5) is 13.5. The van der Waals surface area contributed by atoms with Gasteiger partial charge in [-0.2, -0.15) is 5.10 Å². The van der Waals surface area contributed by atoms with Gasteiger partial charge in [0.05, 0.1) is 17.1 Å². The van der Waals surface area contributed by atoms with Crippen molar-refractivity contribution in [3.05, 3.63) is 36.3 Å². The lowest BCUT2D eigenvalue weighted by atomic mass is 10.2. The SMILES string of the molecule is Cc1cc2nc(-c3ccnc(N[C@H]4CC[C@H](N)C4)n3)ccn2n1. The summed E-state index contributed by atoms with van der Waals surface area (Å²) in [5, 5.41) is 7.71. The Morgan fingerprint density at radius 1 is 1.22 bits per heavy atom. The highest BCUT2D eigenvalue weighted by molar-refractivity contribution is 5.58. The largest absolute Gasteiger partial charge is 0.351 e. The highest BCUT2D eigenvalue weighted by Crippen LogP contribution is 2.21. The van der Waals surface area contributed by atoms with Crippen LogP contribution in [-0.2, 0) is 0 Å². The van der Waals surface area contributed by atoms with Crippen molar-refractivity contribution in [2.75, 3.05) is 5.32 Å². The number of nitrogens with two attached hydrogens (primary N) is 1. The molecule has 3 N–H and O–H groups in total. The average Bonchev–Trinajstić information content (AvgIpc) is 3.11. The van der Waals surface area contributed by atoms with Gasteiger partial charge in [0.2, 0.25) is 5.95 Å². The number of hydrogen-bond acceptors (Lipinski definition) is 6. The van der Waals surface area contributed by atoms with E-state index in [1.165, 1.54) is 0 Å². The summed E-state index contributed by atoms with van der Waals surface area (Å²) < 4.78 is 1.76. The van der Waals surface area contributed by atoms with Crippen LogP contribution >= 0.6 is 0 Å². The quantitative estimate of drug-likeness (QED) is 0.766. The van der Waals surface area contributed by atoms with E-state index in [4.69, 9.17) is 5.73 Å². The molecule has 0 amide bonds. The van der Waals surface area contributed by atoms with Crippen LogP contribution < -0.4 is 11.1 Å². The molecule has 0 spiro atoms. The summed E-state index contributed by atoms with van der Waals surface area (Å²) in [7, 11) is 0. The zero-order valence-electron chi connectivity index (χ0n) is 13.0. The van der Waals surface area contributed by atoms with Crippen molar-refractivity contribution in [2.24, 2.45) is 5.73 Å². The Balaban J connectivity index is 1.61. The van der Waals surface area contributed by atoms with Crippen LogP contribution in [0.4, 0.5) is 5.95 Å². The fourth-order valence-electron chi connectivity index (χ4n) is 3.04. The van der Waals surface area contributed by atoms with E-state index >= 15 is 0 Å². The van der Waals surface area contributed by atoms with E-state index in [-0.39, 0.29) is 6.04 Å². The zero-order valence-corrected chi connectivity index (χ0v) is 13.0. The van der Waals surface area contributed by atoms with Gasteiger partial charge in [-0.25, -0.2) is 19.5 Å². The van der Waals surface area contributed by atoms with E-state index < -0.39 is 0 Å². The molecule has 0 saturated heterocycles. The van der Waals surface area contributed by atoms with Crippen LogP contribution in [0.15, 0.2) is 30.6 Å². The lowest BCUT2D eigenvalue weighted by Crippen LogP contribution is -2.21. The monoisotopic (exact) mass is 309 g/mol. The normalized spacial score (nSPS) is 21.0. The van der Waals surface area contributed by atoms with Crippen molar-refractivity contribution in [2.45, 2.75) is 38.3 Å². The van der Waals surface area contributed by atoms with Crippen molar-refractivity contribution in [1.82, 2.24) is 24.6 Å². The number of hydrogen-bond donors (Lipinski definition) is 2. The first kappa shape index (κ1) is 14.1. The van der Waals surface area contributed by atoms with Crippen LogP contribution in [0, 0.1) is 6.92 Å². The Kier molecular flexibility index (Phi) is 3.42. The molecule has 0 radical (unpaired) electrons. The molecule has 2 atom stereocenters. The lowest BCUT2D eigenvalue weighted by Gasteiger charge is -2.12. The molecule has 7 nitrogen and oxygen atoms in total. The second-order valence-electron chi connectivity index (χ2n) is 6.08. The summed E-state index contributed by atoms with van der Waals surface area (Å²) in [5.41, 5.74) is 9.32. The van der Waals surface area contributed by atoms with E-state index in [0.717, 1.165) is 42.0 Å². The zero-order chi connectivity index (χ0) is 15.8. The molecule has 0 aromatic carbocycles. The van der Waals surface area contributed by atoms with Gasteiger partial charge in [0.15, 0.2) is 5.65 Å². The van der Waals surface area contributed by atoms with Crippen molar-refractivity contribution in [3.8, 4) is 11.4 Å². The smallest absolute Gasteiger partial charge is 0.223 e. The number of fused-ring (bicyclic) bond motifs is 1. The minimum Gasteiger partial charge on any atom is -0.351 e. The summed E-state index contributed by atoms with van der Waals surface area (Å²) >= 11 is 0. The molecule has 1 aliphatic rings. The highest BCUT2D eigenvalue weighted by atomic mass is 15.2. The Labute approximate surface area is 134 Å². The summed E-state index contributed by atoms with van der Waals surface area (Å²) in [5.74, 6) is 0.632. The number of rotatable bonds is 3. The maximum atomic E-state index is 5.96. The summed E-state index contributed by atoms with van der Waals surface area (Å²) in [6.07, 6.45) is 6.74. The predicted octanol–water partition coefficient (Wildman–Crippen LogP) is 1.79. The van der Waals surface area contributed by atoms with Gasteiger partial charge < -0.3 is 11.1 Å². The molecule has 118 valence electrons. The van der Waals surface area contributed by atoms with Crippen LogP contribution in [0.2, 0.25) is 0 Å². The predicted molar refractivity (Wildman–Crippen MR) is 88.0 cm³/mol. The lowest BCUT2D eigenvalue weighted by molar-refractivity contribution is 0.685. The van der Waals surface area contributed by atoms with E-state index in [2.05, 4.69) is 25.4 Å². The minimum absolute atomic E-state index is 0.282. The molecule has 3 aromatic heterocycles. The molecule has 3 aromatic rings. The van der Waals surface area contributed by atoms with E-state index in [9.17, 15) is 0 Å². The van der Waals surface area contributed by atoms with Crippen molar-refractivity contribution in [1.29, 1.82) is 0 Å². The van der Waals surface area contributed by atoms with E-state index in [1.54, 1.807) is 10.7 Å². The first-order valence-electron chi connectivity index (χ1n) is 7.86. The van der Waals surface area contributed by atoms with Gasteiger partial charge in [-0.15, -0.1) is 0 Å². The molecular formula is C16H19N7.